The van der Waals surface area contributed by atoms with Crippen LogP contribution in [0.1, 0.15) is 26.2 Å². The zero-order valence-corrected chi connectivity index (χ0v) is 13.7. The third-order valence-electron chi connectivity index (χ3n) is 4.09. The Morgan fingerprint density at radius 1 is 1.35 bits per heavy atom. The average molecular weight is 312 g/mol. The Morgan fingerprint density at radius 2 is 2.17 bits per heavy atom. The second-order valence-corrected chi connectivity index (χ2v) is 5.76. The predicted molar refractivity (Wildman–Crippen MR) is 94.4 cm³/mol. The van der Waals surface area contributed by atoms with Crippen molar-refractivity contribution < 1.29 is 4.74 Å². The standard InChI is InChI=1S/C18H24N4O/c1-3-4-11-22-12-5-6-14-13-19-18(21-17(14)22)20-15-7-9-16(23-2)10-8-15/h5,7-10,12-13,17H,3-4,6,11H2,1-2H3,(H2,19,20,21). The molecule has 2 aliphatic heterocycles. The third kappa shape index (κ3) is 3.67. The smallest absolute Gasteiger partial charge is 0.202 e. The van der Waals surface area contributed by atoms with E-state index in [1.807, 2.05) is 30.5 Å². The highest BCUT2D eigenvalue weighted by Gasteiger charge is 2.25. The summed E-state index contributed by atoms with van der Waals surface area (Å²) in [6.07, 6.45) is 9.92. The van der Waals surface area contributed by atoms with Crippen molar-refractivity contribution in [3.8, 4) is 5.75 Å². The summed E-state index contributed by atoms with van der Waals surface area (Å²) in [5.74, 6) is 1.63. The van der Waals surface area contributed by atoms with Gasteiger partial charge in [0.05, 0.1) is 7.11 Å². The van der Waals surface area contributed by atoms with Gasteiger partial charge in [0.15, 0.2) is 0 Å². The van der Waals surface area contributed by atoms with Crippen molar-refractivity contribution >= 4 is 11.6 Å². The zero-order chi connectivity index (χ0) is 16.1. The SMILES string of the molecule is CCCCN1C=CCC2=CN=C(Nc3ccc(OC)cc3)NC21. The normalized spacial score (nSPS) is 19.4. The molecule has 2 heterocycles. The molecule has 0 fully saturated rings. The maximum Gasteiger partial charge on any atom is 0.202 e. The Kier molecular flexibility index (Phi) is 4.86. The van der Waals surface area contributed by atoms with Gasteiger partial charge in [0.1, 0.15) is 11.9 Å². The molecule has 2 N–H and O–H groups in total. The van der Waals surface area contributed by atoms with Crippen LogP contribution in [-0.2, 0) is 0 Å². The number of hydrogen-bond donors (Lipinski definition) is 2. The van der Waals surface area contributed by atoms with Gasteiger partial charge in [-0.05, 0) is 48.9 Å². The number of nitrogens with one attached hydrogen (secondary N) is 2. The van der Waals surface area contributed by atoms with Crippen molar-refractivity contribution in [1.82, 2.24) is 10.2 Å². The van der Waals surface area contributed by atoms with Crippen LogP contribution in [0.5, 0.6) is 5.75 Å². The number of benzene rings is 1. The highest BCUT2D eigenvalue weighted by Crippen LogP contribution is 2.23. The maximum absolute atomic E-state index is 5.18. The number of fused-ring (bicyclic) bond motifs is 1. The van der Waals surface area contributed by atoms with Crippen molar-refractivity contribution in [2.75, 3.05) is 19.0 Å². The molecule has 5 nitrogen and oxygen atoms in total. The van der Waals surface area contributed by atoms with Gasteiger partial charge in [-0.15, -0.1) is 0 Å². The fourth-order valence-electron chi connectivity index (χ4n) is 2.77. The summed E-state index contributed by atoms with van der Waals surface area (Å²) >= 11 is 0. The van der Waals surface area contributed by atoms with Crippen LogP contribution < -0.4 is 15.4 Å². The number of anilines is 1. The lowest BCUT2D eigenvalue weighted by molar-refractivity contribution is 0.272. The van der Waals surface area contributed by atoms with Crippen molar-refractivity contribution in [3.05, 3.63) is 48.3 Å². The lowest BCUT2D eigenvalue weighted by Crippen LogP contribution is -2.52. The number of rotatable bonds is 5. The first-order valence-electron chi connectivity index (χ1n) is 8.17. The van der Waals surface area contributed by atoms with Gasteiger partial charge in [0.2, 0.25) is 5.96 Å². The molecule has 0 aromatic heterocycles. The molecule has 1 atom stereocenters. The van der Waals surface area contributed by atoms with E-state index in [0.717, 1.165) is 30.4 Å². The Balaban J connectivity index is 1.68. The van der Waals surface area contributed by atoms with Crippen molar-refractivity contribution in [1.29, 1.82) is 0 Å². The summed E-state index contributed by atoms with van der Waals surface area (Å²) in [4.78, 5) is 6.86. The first-order chi connectivity index (χ1) is 11.3. The molecule has 2 aliphatic rings. The van der Waals surface area contributed by atoms with Gasteiger partial charge in [-0.25, -0.2) is 4.99 Å². The van der Waals surface area contributed by atoms with E-state index in [1.54, 1.807) is 7.11 Å². The number of allylic oxidation sites excluding steroid dienone is 1. The van der Waals surface area contributed by atoms with Crippen LogP contribution in [0.2, 0.25) is 0 Å². The monoisotopic (exact) mass is 312 g/mol. The van der Waals surface area contributed by atoms with Crippen LogP contribution in [0.25, 0.3) is 0 Å². The molecule has 0 saturated carbocycles. The van der Waals surface area contributed by atoms with E-state index < -0.39 is 0 Å². The number of methoxy groups -OCH3 is 1. The van der Waals surface area contributed by atoms with Gasteiger partial charge >= 0.3 is 0 Å². The quantitative estimate of drug-likeness (QED) is 0.876. The highest BCUT2D eigenvalue weighted by atomic mass is 16.5. The average Bonchev–Trinajstić information content (AvgIpc) is 2.60. The molecule has 0 saturated heterocycles. The molecular formula is C18H24N4O. The first kappa shape index (κ1) is 15.5. The van der Waals surface area contributed by atoms with Crippen LogP contribution in [0, 0.1) is 0 Å². The fourth-order valence-corrected chi connectivity index (χ4v) is 2.77. The summed E-state index contributed by atoms with van der Waals surface area (Å²) in [5.41, 5.74) is 2.30. The summed E-state index contributed by atoms with van der Waals surface area (Å²) in [7, 11) is 1.67. The molecule has 1 aromatic rings. The Hall–Kier alpha value is -2.43. The van der Waals surface area contributed by atoms with Gasteiger partial charge < -0.3 is 20.3 Å². The van der Waals surface area contributed by atoms with E-state index in [9.17, 15) is 0 Å². The van der Waals surface area contributed by atoms with E-state index in [1.165, 1.54) is 18.4 Å². The van der Waals surface area contributed by atoms with E-state index in [-0.39, 0.29) is 6.17 Å². The Labute approximate surface area is 137 Å². The Bertz CT molecular complexity index is 618. The van der Waals surface area contributed by atoms with Crippen LogP contribution in [0.15, 0.2) is 53.3 Å². The zero-order valence-electron chi connectivity index (χ0n) is 13.7. The molecular weight excluding hydrogens is 288 g/mol. The third-order valence-corrected chi connectivity index (χ3v) is 4.09. The second-order valence-electron chi connectivity index (χ2n) is 5.76. The minimum absolute atomic E-state index is 0.199. The molecule has 122 valence electrons. The van der Waals surface area contributed by atoms with Gasteiger partial charge in [-0.1, -0.05) is 19.4 Å². The van der Waals surface area contributed by atoms with Crippen LogP contribution in [-0.4, -0.2) is 30.7 Å². The molecule has 3 rings (SSSR count). The molecule has 1 unspecified atom stereocenters. The van der Waals surface area contributed by atoms with E-state index in [4.69, 9.17) is 4.74 Å². The van der Waals surface area contributed by atoms with E-state index >= 15 is 0 Å². The summed E-state index contributed by atoms with van der Waals surface area (Å²) in [6.45, 7) is 3.27. The number of unbranched alkanes of at least 4 members (excludes halogenated alkanes) is 1. The lowest BCUT2D eigenvalue weighted by atomic mass is 10.1. The molecule has 1 aromatic carbocycles. The van der Waals surface area contributed by atoms with E-state index in [2.05, 4.69) is 39.7 Å². The van der Waals surface area contributed by atoms with Gasteiger partial charge in [-0.3, -0.25) is 0 Å². The predicted octanol–water partition coefficient (Wildman–Crippen LogP) is 3.30. The largest absolute Gasteiger partial charge is 0.497 e. The summed E-state index contributed by atoms with van der Waals surface area (Å²) < 4.78 is 5.18. The molecule has 0 radical (unpaired) electrons. The van der Waals surface area contributed by atoms with E-state index in [0.29, 0.717) is 0 Å². The number of aliphatic imine (C=N–C) groups is 1. The Morgan fingerprint density at radius 3 is 2.91 bits per heavy atom. The molecule has 0 bridgehead atoms. The number of ether oxygens (including phenoxy) is 1. The molecule has 0 spiro atoms. The molecule has 0 amide bonds. The van der Waals surface area contributed by atoms with Crippen LogP contribution >= 0.6 is 0 Å². The maximum atomic E-state index is 5.18. The lowest BCUT2D eigenvalue weighted by Gasteiger charge is -2.38. The number of hydrogen-bond acceptors (Lipinski definition) is 5. The molecule has 23 heavy (non-hydrogen) atoms. The van der Waals surface area contributed by atoms with Gasteiger partial charge in [0.25, 0.3) is 0 Å². The van der Waals surface area contributed by atoms with Gasteiger partial charge in [-0.2, -0.15) is 0 Å². The second kappa shape index (κ2) is 7.22. The minimum Gasteiger partial charge on any atom is -0.497 e. The fraction of sp³-hybridized carbons (Fsp3) is 0.389. The first-order valence-corrected chi connectivity index (χ1v) is 8.17. The summed E-state index contributed by atoms with van der Waals surface area (Å²) in [5, 5.41) is 6.84. The highest BCUT2D eigenvalue weighted by molar-refractivity contribution is 5.95. The summed E-state index contributed by atoms with van der Waals surface area (Å²) in [6, 6.07) is 7.84. The van der Waals surface area contributed by atoms with Gasteiger partial charge in [0, 0.05) is 18.4 Å². The topological polar surface area (TPSA) is 48.9 Å². The molecule has 5 heteroatoms. The van der Waals surface area contributed by atoms with Crippen molar-refractivity contribution in [3.63, 3.8) is 0 Å². The van der Waals surface area contributed by atoms with Crippen molar-refractivity contribution in [2.24, 2.45) is 4.99 Å². The van der Waals surface area contributed by atoms with Crippen LogP contribution in [0.4, 0.5) is 5.69 Å². The van der Waals surface area contributed by atoms with Crippen molar-refractivity contribution in [2.45, 2.75) is 32.4 Å². The number of guanidine groups is 1. The minimum atomic E-state index is 0.199. The number of nitrogens with zero attached hydrogens (tertiary/aromatic N) is 2. The molecule has 0 aliphatic carbocycles. The van der Waals surface area contributed by atoms with Crippen LogP contribution in [0.3, 0.4) is 0 Å².